The van der Waals surface area contributed by atoms with Crippen molar-refractivity contribution in [1.29, 1.82) is 0 Å². The maximum atomic E-state index is 13.6. The summed E-state index contributed by atoms with van der Waals surface area (Å²) in [7, 11) is -2.30. The standard InChI is InChI=1S/C23H29F3NO7P/c1-5-32-21(28)22(29,23(24,25)26)17-10-12-18(13-11-17)27-20(35(30,33-6-2)34-7-3)16-8-14-19(31-4)15-9-16/h8-15,20,27,29H,5-7H2,1-4H3/t20-,22+/m1/s1. The van der Waals surface area contributed by atoms with Crippen molar-refractivity contribution in [2.75, 3.05) is 32.2 Å². The van der Waals surface area contributed by atoms with Crippen molar-refractivity contribution in [3.63, 3.8) is 0 Å². The summed E-state index contributed by atoms with van der Waals surface area (Å²) in [6, 6.07) is 10.9. The van der Waals surface area contributed by atoms with Crippen LogP contribution in [0.2, 0.25) is 0 Å². The van der Waals surface area contributed by atoms with Crippen LogP contribution < -0.4 is 10.1 Å². The van der Waals surface area contributed by atoms with Gasteiger partial charge in [0.15, 0.2) is 5.78 Å². The highest BCUT2D eigenvalue weighted by atomic mass is 31.2. The lowest BCUT2D eigenvalue weighted by Gasteiger charge is -2.30. The molecule has 2 aromatic carbocycles. The van der Waals surface area contributed by atoms with Gasteiger partial charge in [0.25, 0.3) is 5.60 Å². The zero-order valence-electron chi connectivity index (χ0n) is 19.8. The van der Waals surface area contributed by atoms with Gasteiger partial charge >= 0.3 is 19.7 Å². The molecule has 0 saturated heterocycles. The number of anilines is 1. The molecule has 0 amide bonds. The molecule has 2 atom stereocenters. The van der Waals surface area contributed by atoms with Crippen LogP contribution >= 0.6 is 7.60 Å². The summed E-state index contributed by atoms with van der Waals surface area (Å²) >= 11 is 0. The van der Waals surface area contributed by atoms with E-state index in [0.717, 1.165) is 12.1 Å². The number of ether oxygens (including phenoxy) is 2. The van der Waals surface area contributed by atoms with E-state index < -0.39 is 36.7 Å². The van der Waals surface area contributed by atoms with Crippen LogP contribution in [0.4, 0.5) is 18.9 Å². The van der Waals surface area contributed by atoms with Gasteiger partial charge in [-0.15, -0.1) is 0 Å². The molecule has 12 heteroatoms. The number of nitrogens with one attached hydrogen (secondary N) is 1. The summed E-state index contributed by atoms with van der Waals surface area (Å²) in [5.41, 5.74) is -3.82. The van der Waals surface area contributed by atoms with Crippen molar-refractivity contribution in [3.8, 4) is 5.75 Å². The average Bonchev–Trinajstić information content (AvgIpc) is 2.82. The molecule has 0 radical (unpaired) electrons. The predicted molar refractivity (Wildman–Crippen MR) is 123 cm³/mol. The molecule has 0 aromatic heterocycles. The van der Waals surface area contributed by atoms with Gasteiger partial charge in [0.2, 0.25) is 0 Å². The van der Waals surface area contributed by atoms with Gasteiger partial charge in [0.1, 0.15) is 5.75 Å². The molecule has 194 valence electrons. The van der Waals surface area contributed by atoms with Crippen molar-refractivity contribution in [2.24, 2.45) is 0 Å². The smallest absolute Gasteiger partial charge is 0.432 e. The van der Waals surface area contributed by atoms with Crippen molar-refractivity contribution >= 4 is 19.3 Å². The van der Waals surface area contributed by atoms with Crippen molar-refractivity contribution < 1.29 is 46.2 Å². The van der Waals surface area contributed by atoms with E-state index in [2.05, 4.69) is 10.1 Å². The number of aliphatic hydroxyl groups is 1. The number of methoxy groups -OCH3 is 1. The van der Waals surface area contributed by atoms with E-state index in [1.165, 1.54) is 26.2 Å². The second kappa shape index (κ2) is 11.9. The highest BCUT2D eigenvalue weighted by Gasteiger charge is 2.62. The maximum Gasteiger partial charge on any atom is 0.432 e. The summed E-state index contributed by atoms with van der Waals surface area (Å²) in [6.45, 7) is 4.46. The molecule has 2 N–H and O–H groups in total. The lowest BCUT2D eigenvalue weighted by Crippen LogP contribution is -2.50. The quantitative estimate of drug-likeness (QED) is 0.285. The largest absolute Gasteiger partial charge is 0.497 e. The van der Waals surface area contributed by atoms with Crippen molar-refractivity contribution in [1.82, 2.24) is 0 Å². The minimum atomic E-state index is -5.32. The second-order valence-electron chi connectivity index (χ2n) is 7.20. The number of rotatable bonds is 12. The van der Waals surface area contributed by atoms with E-state index in [1.807, 2.05) is 0 Å². The Morgan fingerprint density at radius 3 is 1.94 bits per heavy atom. The Kier molecular flexibility index (Phi) is 9.74. The summed E-state index contributed by atoms with van der Waals surface area (Å²) < 4.78 is 75.1. The third-order valence-electron chi connectivity index (χ3n) is 4.95. The number of benzene rings is 2. The summed E-state index contributed by atoms with van der Waals surface area (Å²) in [4.78, 5) is 12.0. The van der Waals surface area contributed by atoms with Gasteiger partial charge in [-0.1, -0.05) is 24.3 Å². The number of hydrogen-bond donors (Lipinski definition) is 2. The fourth-order valence-electron chi connectivity index (χ4n) is 3.28. The van der Waals surface area contributed by atoms with Crippen LogP contribution in [-0.2, 0) is 28.7 Å². The van der Waals surface area contributed by atoms with Crippen LogP contribution in [0.1, 0.15) is 37.7 Å². The molecule has 0 aliphatic heterocycles. The highest BCUT2D eigenvalue weighted by Crippen LogP contribution is 2.61. The van der Waals surface area contributed by atoms with Crippen LogP contribution in [0.3, 0.4) is 0 Å². The number of carbonyl (C=O) groups is 1. The molecular formula is C23H29F3NO7P. The number of carbonyl (C=O) groups excluding carboxylic acids is 1. The van der Waals surface area contributed by atoms with Gasteiger partial charge in [-0.25, -0.2) is 4.79 Å². The summed E-state index contributed by atoms with van der Waals surface area (Å²) in [6.07, 6.45) is -5.32. The third kappa shape index (κ3) is 6.35. The zero-order valence-corrected chi connectivity index (χ0v) is 20.7. The molecule has 0 spiro atoms. The first-order valence-corrected chi connectivity index (χ1v) is 12.4. The molecular weight excluding hydrogens is 490 g/mol. The number of alkyl halides is 3. The molecule has 35 heavy (non-hydrogen) atoms. The first-order valence-electron chi connectivity index (χ1n) is 10.8. The first kappa shape index (κ1) is 28.6. The monoisotopic (exact) mass is 519 g/mol. The SMILES string of the molecule is CCOC(=O)[C@@](O)(c1ccc(N[C@@H](c2ccc(OC)cc2)P(=O)(OCC)OCC)cc1)C(F)(F)F. The summed E-state index contributed by atoms with van der Waals surface area (Å²) in [5, 5.41) is 13.3. The molecule has 0 heterocycles. The maximum absolute atomic E-state index is 13.6. The van der Waals surface area contributed by atoms with Crippen LogP contribution in [-0.4, -0.2) is 44.2 Å². The molecule has 2 rings (SSSR count). The normalized spacial score (nSPS) is 14.6. The molecule has 8 nitrogen and oxygen atoms in total. The van der Waals surface area contributed by atoms with E-state index in [4.69, 9.17) is 13.8 Å². The Labute approximate surface area is 201 Å². The lowest BCUT2D eigenvalue weighted by molar-refractivity contribution is -0.267. The van der Waals surface area contributed by atoms with E-state index in [0.29, 0.717) is 11.3 Å². The molecule has 0 aliphatic rings. The Morgan fingerprint density at radius 2 is 1.51 bits per heavy atom. The molecule has 0 unspecified atom stereocenters. The lowest BCUT2D eigenvalue weighted by atomic mass is 9.93. The van der Waals surface area contributed by atoms with E-state index >= 15 is 0 Å². The Hall–Kier alpha value is -2.59. The average molecular weight is 519 g/mol. The molecule has 0 fully saturated rings. The van der Waals surface area contributed by atoms with Crippen molar-refractivity contribution in [2.45, 2.75) is 38.3 Å². The van der Waals surface area contributed by atoms with Gasteiger partial charge in [-0.3, -0.25) is 4.57 Å². The number of halogens is 3. The van der Waals surface area contributed by atoms with E-state index in [9.17, 15) is 27.6 Å². The van der Waals surface area contributed by atoms with Gasteiger partial charge in [0, 0.05) is 11.3 Å². The Balaban J connectivity index is 2.48. The van der Waals surface area contributed by atoms with Gasteiger partial charge in [0.05, 0.1) is 26.9 Å². The van der Waals surface area contributed by atoms with Crippen LogP contribution in [0.25, 0.3) is 0 Å². The van der Waals surface area contributed by atoms with E-state index in [-0.39, 0.29) is 25.5 Å². The molecule has 0 saturated carbocycles. The minimum Gasteiger partial charge on any atom is -0.497 e. The topological polar surface area (TPSA) is 103 Å². The molecule has 0 aliphatic carbocycles. The van der Waals surface area contributed by atoms with Crippen LogP contribution in [0, 0.1) is 0 Å². The fraction of sp³-hybridized carbons (Fsp3) is 0.435. The van der Waals surface area contributed by atoms with Gasteiger partial charge < -0.3 is 28.9 Å². The second-order valence-corrected chi connectivity index (χ2v) is 9.31. The third-order valence-corrected chi connectivity index (χ3v) is 7.25. The van der Waals surface area contributed by atoms with Crippen molar-refractivity contribution in [3.05, 3.63) is 59.7 Å². The number of esters is 1. The molecule has 0 bridgehead atoms. The highest BCUT2D eigenvalue weighted by molar-refractivity contribution is 7.54. The first-order chi connectivity index (χ1) is 16.5. The minimum absolute atomic E-state index is 0.0860. The fourth-order valence-corrected chi connectivity index (χ4v) is 5.21. The summed E-state index contributed by atoms with van der Waals surface area (Å²) in [5.74, 6) is -2.29. The Morgan fingerprint density at radius 1 is 0.971 bits per heavy atom. The van der Waals surface area contributed by atoms with Crippen LogP contribution in [0.5, 0.6) is 5.75 Å². The predicted octanol–water partition coefficient (Wildman–Crippen LogP) is 5.39. The zero-order chi connectivity index (χ0) is 26.3. The van der Waals surface area contributed by atoms with Crippen LogP contribution in [0.15, 0.2) is 48.5 Å². The van der Waals surface area contributed by atoms with Gasteiger partial charge in [-0.2, -0.15) is 13.2 Å². The number of hydrogen-bond acceptors (Lipinski definition) is 8. The van der Waals surface area contributed by atoms with Gasteiger partial charge in [-0.05, 0) is 50.6 Å². The Bertz CT molecular complexity index is 1010. The van der Waals surface area contributed by atoms with E-state index in [1.54, 1.807) is 38.1 Å². The molecule has 2 aromatic rings.